The molecule has 4 rings (SSSR count). The lowest BCUT2D eigenvalue weighted by molar-refractivity contribution is -0.0758. The zero-order chi connectivity index (χ0) is 17.6. The number of carbonyl (C=O) groups excluding carboxylic acids is 1. The summed E-state index contributed by atoms with van der Waals surface area (Å²) < 4.78 is 5.74. The molecule has 5 heteroatoms. The van der Waals surface area contributed by atoms with Gasteiger partial charge < -0.3 is 14.7 Å². The van der Waals surface area contributed by atoms with Crippen LogP contribution in [0.5, 0.6) is 0 Å². The van der Waals surface area contributed by atoms with Gasteiger partial charge in [0, 0.05) is 30.6 Å². The summed E-state index contributed by atoms with van der Waals surface area (Å²) in [5.41, 5.74) is 1.63. The van der Waals surface area contributed by atoms with Crippen LogP contribution in [0.15, 0.2) is 36.4 Å². The molecule has 0 radical (unpaired) electrons. The van der Waals surface area contributed by atoms with E-state index in [1.165, 1.54) is 0 Å². The van der Waals surface area contributed by atoms with E-state index in [2.05, 4.69) is 18.7 Å². The van der Waals surface area contributed by atoms with Crippen molar-refractivity contribution in [3.05, 3.63) is 42.0 Å². The van der Waals surface area contributed by atoms with Gasteiger partial charge in [-0.1, -0.05) is 24.3 Å². The second kappa shape index (κ2) is 6.41. The third-order valence-electron chi connectivity index (χ3n) is 5.01. The van der Waals surface area contributed by atoms with E-state index in [1.54, 1.807) is 4.90 Å². The Hall–Kier alpha value is -1.95. The van der Waals surface area contributed by atoms with E-state index in [-0.39, 0.29) is 18.1 Å². The van der Waals surface area contributed by atoms with Crippen molar-refractivity contribution in [1.29, 1.82) is 0 Å². The Labute approximate surface area is 147 Å². The summed E-state index contributed by atoms with van der Waals surface area (Å²) in [4.78, 5) is 16.7. The molecule has 2 aliphatic heterocycles. The summed E-state index contributed by atoms with van der Waals surface area (Å²) in [6.45, 7) is 6.59. The van der Waals surface area contributed by atoms with Crippen molar-refractivity contribution >= 4 is 22.4 Å². The molecule has 2 aliphatic rings. The van der Waals surface area contributed by atoms with Gasteiger partial charge in [0.15, 0.2) is 0 Å². The molecule has 5 nitrogen and oxygen atoms in total. The highest BCUT2D eigenvalue weighted by Crippen LogP contribution is 2.37. The largest absolute Gasteiger partial charge is 0.390 e. The lowest BCUT2D eigenvalue weighted by atomic mass is 10.1. The molecule has 25 heavy (non-hydrogen) atoms. The highest BCUT2D eigenvalue weighted by atomic mass is 16.5. The van der Waals surface area contributed by atoms with Crippen molar-refractivity contribution in [2.24, 2.45) is 0 Å². The fourth-order valence-electron chi connectivity index (χ4n) is 4.16. The van der Waals surface area contributed by atoms with Gasteiger partial charge in [-0.2, -0.15) is 0 Å². The molecule has 0 aromatic heterocycles. The maximum Gasteiger partial charge on any atom is 0.259 e. The number of β-amino-alcohol motifs (C(OH)–C–C–N with tert-alkyl or cyclic N) is 1. The summed E-state index contributed by atoms with van der Waals surface area (Å²) in [5, 5.41) is 12.7. The molecular weight excluding hydrogens is 316 g/mol. The number of amides is 1. The maximum atomic E-state index is 12.8. The van der Waals surface area contributed by atoms with Crippen molar-refractivity contribution in [2.45, 2.75) is 32.2 Å². The van der Waals surface area contributed by atoms with Crippen LogP contribution in [0.2, 0.25) is 0 Å². The van der Waals surface area contributed by atoms with E-state index < -0.39 is 6.10 Å². The zero-order valence-electron chi connectivity index (χ0n) is 14.7. The van der Waals surface area contributed by atoms with Gasteiger partial charge in [0.1, 0.15) is 0 Å². The monoisotopic (exact) mass is 340 g/mol. The zero-order valence-corrected chi connectivity index (χ0v) is 14.7. The first-order valence-corrected chi connectivity index (χ1v) is 8.92. The molecule has 1 saturated heterocycles. The predicted molar refractivity (Wildman–Crippen MR) is 98.1 cm³/mol. The van der Waals surface area contributed by atoms with Gasteiger partial charge in [0.05, 0.1) is 30.5 Å². The van der Waals surface area contributed by atoms with Gasteiger partial charge in [-0.15, -0.1) is 0 Å². The van der Waals surface area contributed by atoms with Crippen LogP contribution in [-0.4, -0.2) is 60.4 Å². The van der Waals surface area contributed by atoms with Crippen molar-refractivity contribution in [3.8, 4) is 0 Å². The summed E-state index contributed by atoms with van der Waals surface area (Å²) in [7, 11) is 0. The Bertz CT molecular complexity index is 791. The third-order valence-corrected chi connectivity index (χ3v) is 5.01. The molecule has 2 aromatic carbocycles. The minimum Gasteiger partial charge on any atom is -0.390 e. The number of ether oxygens (including phenoxy) is 1. The second-order valence-electron chi connectivity index (χ2n) is 7.23. The number of hydrogen-bond acceptors (Lipinski definition) is 4. The third kappa shape index (κ3) is 3.03. The van der Waals surface area contributed by atoms with Crippen molar-refractivity contribution in [3.63, 3.8) is 0 Å². The Morgan fingerprint density at radius 1 is 1.12 bits per heavy atom. The van der Waals surface area contributed by atoms with Crippen LogP contribution in [0.1, 0.15) is 24.2 Å². The number of carbonyl (C=O) groups is 1. The van der Waals surface area contributed by atoms with Gasteiger partial charge in [0.2, 0.25) is 0 Å². The van der Waals surface area contributed by atoms with E-state index in [4.69, 9.17) is 4.74 Å². The summed E-state index contributed by atoms with van der Waals surface area (Å²) in [6, 6.07) is 11.7. The van der Waals surface area contributed by atoms with Crippen molar-refractivity contribution < 1.29 is 14.6 Å². The first kappa shape index (κ1) is 16.5. The number of anilines is 1. The molecule has 0 spiro atoms. The van der Waals surface area contributed by atoms with E-state index in [1.807, 2.05) is 36.4 Å². The van der Waals surface area contributed by atoms with Crippen LogP contribution in [-0.2, 0) is 4.74 Å². The minimum atomic E-state index is -0.592. The molecule has 0 saturated carbocycles. The van der Waals surface area contributed by atoms with Crippen LogP contribution in [0, 0.1) is 0 Å². The number of benzene rings is 2. The number of aliphatic hydroxyl groups is 1. The molecular formula is C20H24N2O3. The number of morpholine rings is 1. The van der Waals surface area contributed by atoms with Crippen LogP contribution < -0.4 is 4.90 Å². The molecule has 132 valence electrons. The van der Waals surface area contributed by atoms with Gasteiger partial charge in [-0.3, -0.25) is 9.69 Å². The van der Waals surface area contributed by atoms with Crippen molar-refractivity contribution in [2.75, 3.05) is 31.1 Å². The normalized spacial score (nSPS) is 24.9. The number of rotatable bonds is 4. The van der Waals surface area contributed by atoms with E-state index in [9.17, 15) is 9.90 Å². The molecule has 3 atom stereocenters. The van der Waals surface area contributed by atoms with Crippen LogP contribution in [0.25, 0.3) is 10.8 Å². The fraction of sp³-hybridized carbons (Fsp3) is 0.450. The fourth-order valence-corrected chi connectivity index (χ4v) is 4.16. The minimum absolute atomic E-state index is 0.0189. The Balaban J connectivity index is 1.50. The standard InChI is InChI=1S/C20H24N2O3/c1-13-9-21(10-14(2)25-13)11-16(23)12-22-18-8-4-6-15-5-3-7-17(19(15)18)20(22)24/h3-8,13-14,16,23H,9-12H2,1-2H3/t13-,14-,16-/m1/s1. The molecule has 0 bridgehead atoms. The molecule has 0 aliphatic carbocycles. The highest BCUT2D eigenvalue weighted by Gasteiger charge is 2.32. The smallest absolute Gasteiger partial charge is 0.259 e. The average Bonchev–Trinajstić information content (AvgIpc) is 2.82. The predicted octanol–water partition coefficient (Wildman–Crippen LogP) is 2.27. The second-order valence-corrected chi connectivity index (χ2v) is 7.23. The quantitative estimate of drug-likeness (QED) is 0.928. The van der Waals surface area contributed by atoms with Gasteiger partial charge in [-0.05, 0) is 31.4 Å². The highest BCUT2D eigenvalue weighted by molar-refractivity contribution is 6.25. The van der Waals surface area contributed by atoms with Crippen molar-refractivity contribution in [1.82, 2.24) is 4.90 Å². The first-order valence-electron chi connectivity index (χ1n) is 8.92. The van der Waals surface area contributed by atoms with Crippen LogP contribution >= 0.6 is 0 Å². The maximum absolute atomic E-state index is 12.8. The molecule has 1 fully saturated rings. The lowest BCUT2D eigenvalue weighted by Gasteiger charge is -2.36. The van der Waals surface area contributed by atoms with Gasteiger partial charge in [0.25, 0.3) is 5.91 Å². The van der Waals surface area contributed by atoms with E-state index in [0.717, 1.165) is 35.1 Å². The molecule has 1 N–H and O–H groups in total. The SMILES string of the molecule is C[C@@H]1CN(C[C@@H](O)CN2C(=O)c3cccc4cccc2c34)C[C@@H](C)O1. The topological polar surface area (TPSA) is 53.0 Å². The first-order chi connectivity index (χ1) is 12.0. The summed E-state index contributed by atoms with van der Waals surface area (Å²) in [5.74, 6) is -0.0189. The average molecular weight is 340 g/mol. The number of aliphatic hydroxyl groups excluding tert-OH is 1. The van der Waals surface area contributed by atoms with E-state index in [0.29, 0.717) is 13.1 Å². The summed E-state index contributed by atoms with van der Waals surface area (Å²) in [6.07, 6.45) is -0.254. The molecule has 1 amide bonds. The van der Waals surface area contributed by atoms with Gasteiger partial charge in [-0.25, -0.2) is 0 Å². The molecule has 0 unspecified atom stereocenters. The Morgan fingerprint density at radius 3 is 2.52 bits per heavy atom. The van der Waals surface area contributed by atoms with Gasteiger partial charge >= 0.3 is 0 Å². The molecule has 2 aromatic rings. The van der Waals surface area contributed by atoms with Crippen LogP contribution in [0.4, 0.5) is 5.69 Å². The number of nitrogens with zero attached hydrogens (tertiary/aromatic N) is 2. The van der Waals surface area contributed by atoms with Crippen LogP contribution in [0.3, 0.4) is 0 Å². The Kier molecular flexibility index (Phi) is 4.23. The number of hydrogen-bond donors (Lipinski definition) is 1. The summed E-state index contributed by atoms with van der Waals surface area (Å²) >= 11 is 0. The lowest BCUT2D eigenvalue weighted by Crippen LogP contribution is -2.50. The molecule has 2 heterocycles. The van der Waals surface area contributed by atoms with E-state index >= 15 is 0 Å². The Morgan fingerprint density at radius 2 is 1.80 bits per heavy atom.